The number of nitrogens with zero attached hydrogens (tertiary/aromatic N) is 1. The molecule has 2 N–H and O–H groups in total. The van der Waals surface area contributed by atoms with Crippen LogP contribution in [0.15, 0.2) is 35.0 Å². The van der Waals surface area contributed by atoms with Crippen LogP contribution in [0.1, 0.15) is 27.4 Å². The molecule has 2 aromatic heterocycles. The van der Waals surface area contributed by atoms with E-state index in [-0.39, 0.29) is 5.76 Å². The van der Waals surface area contributed by atoms with Crippen LogP contribution < -0.4 is 5.32 Å². The van der Waals surface area contributed by atoms with E-state index in [0.29, 0.717) is 24.4 Å². The van der Waals surface area contributed by atoms with Crippen molar-refractivity contribution < 1.29 is 14.3 Å². The second-order valence-electron chi connectivity index (χ2n) is 3.99. The second-order valence-corrected chi connectivity index (χ2v) is 3.99. The third-order valence-electron chi connectivity index (χ3n) is 2.54. The minimum absolute atomic E-state index is 0.00992. The van der Waals surface area contributed by atoms with Crippen LogP contribution in [0.2, 0.25) is 0 Å². The summed E-state index contributed by atoms with van der Waals surface area (Å²) in [5.41, 5.74) is 1.76. The van der Waals surface area contributed by atoms with Crippen molar-refractivity contribution in [2.75, 3.05) is 0 Å². The van der Waals surface area contributed by atoms with E-state index in [1.54, 1.807) is 25.4 Å². The number of hydrogen-bond donors (Lipinski definition) is 2. The van der Waals surface area contributed by atoms with Crippen LogP contribution in [-0.4, -0.2) is 16.1 Å². The second kappa shape index (κ2) is 5.46. The van der Waals surface area contributed by atoms with Crippen molar-refractivity contribution in [1.29, 1.82) is 0 Å². The molecule has 0 atom stereocenters. The fourth-order valence-corrected chi connectivity index (χ4v) is 1.68. The fraction of sp³-hybridized carbons (Fsp3) is 0.231. The summed E-state index contributed by atoms with van der Waals surface area (Å²) in [7, 11) is 0. The SMILES string of the molecule is Cc1cc(CNCc2ccncc2)oc1C(=O)O. The molecule has 2 rings (SSSR count). The summed E-state index contributed by atoms with van der Waals surface area (Å²) in [5, 5.41) is 12.0. The van der Waals surface area contributed by atoms with Crippen molar-refractivity contribution in [3.8, 4) is 0 Å². The molecule has 0 aliphatic rings. The maximum atomic E-state index is 10.8. The summed E-state index contributed by atoms with van der Waals surface area (Å²) >= 11 is 0. The Balaban J connectivity index is 1.91. The Hall–Kier alpha value is -2.14. The molecule has 0 fully saturated rings. The first kappa shape index (κ1) is 12.3. The first-order valence-electron chi connectivity index (χ1n) is 5.59. The van der Waals surface area contributed by atoms with E-state index in [0.717, 1.165) is 5.56 Å². The van der Waals surface area contributed by atoms with Crippen molar-refractivity contribution >= 4 is 5.97 Å². The molecule has 5 nitrogen and oxygen atoms in total. The first-order valence-corrected chi connectivity index (χ1v) is 5.59. The standard InChI is InChI=1S/C13H14N2O3/c1-9-6-11(18-12(9)13(16)17)8-15-7-10-2-4-14-5-3-10/h2-6,15H,7-8H2,1H3,(H,16,17). The van der Waals surface area contributed by atoms with Crippen LogP contribution in [0.3, 0.4) is 0 Å². The largest absolute Gasteiger partial charge is 0.475 e. The van der Waals surface area contributed by atoms with Crippen molar-refractivity contribution in [3.05, 3.63) is 53.2 Å². The molecule has 0 unspecified atom stereocenters. The van der Waals surface area contributed by atoms with E-state index in [4.69, 9.17) is 9.52 Å². The highest BCUT2D eigenvalue weighted by Crippen LogP contribution is 2.14. The van der Waals surface area contributed by atoms with E-state index < -0.39 is 5.97 Å². The molecule has 0 aromatic carbocycles. The average Bonchev–Trinajstić information content (AvgIpc) is 2.72. The number of pyridine rings is 1. The summed E-state index contributed by atoms with van der Waals surface area (Å²) in [4.78, 5) is 14.7. The Morgan fingerprint density at radius 3 is 2.72 bits per heavy atom. The van der Waals surface area contributed by atoms with Gasteiger partial charge in [0, 0.05) is 24.5 Å². The number of nitrogens with one attached hydrogen (secondary N) is 1. The highest BCUT2D eigenvalue weighted by Gasteiger charge is 2.13. The summed E-state index contributed by atoms with van der Waals surface area (Å²) in [6.45, 7) is 2.90. The van der Waals surface area contributed by atoms with Gasteiger partial charge in [0.1, 0.15) is 5.76 Å². The van der Waals surface area contributed by atoms with E-state index >= 15 is 0 Å². The number of aromatic nitrogens is 1. The molecule has 5 heteroatoms. The molecule has 0 aliphatic heterocycles. The zero-order valence-electron chi connectivity index (χ0n) is 10.0. The number of furan rings is 1. The maximum absolute atomic E-state index is 10.8. The van der Waals surface area contributed by atoms with Gasteiger partial charge in [-0.15, -0.1) is 0 Å². The number of carbonyl (C=O) groups is 1. The Bertz CT molecular complexity index is 534. The number of carboxylic acids is 1. The van der Waals surface area contributed by atoms with Crippen molar-refractivity contribution in [2.24, 2.45) is 0 Å². The Morgan fingerprint density at radius 1 is 1.39 bits per heavy atom. The van der Waals surface area contributed by atoms with Gasteiger partial charge >= 0.3 is 5.97 Å². The smallest absolute Gasteiger partial charge is 0.372 e. The minimum Gasteiger partial charge on any atom is -0.475 e. The van der Waals surface area contributed by atoms with Gasteiger partial charge in [-0.1, -0.05) is 0 Å². The lowest BCUT2D eigenvalue weighted by Crippen LogP contribution is -2.12. The molecule has 0 saturated heterocycles. The normalized spacial score (nSPS) is 10.5. The predicted molar refractivity (Wildman–Crippen MR) is 65.2 cm³/mol. The van der Waals surface area contributed by atoms with Crippen LogP contribution in [0.4, 0.5) is 0 Å². The lowest BCUT2D eigenvalue weighted by Gasteiger charge is -2.01. The quantitative estimate of drug-likeness (QED) is 0.843. The van der Waals surface area contributed by atoms with Crippen LogP contribution >= 0.6 is 0 Å². The summed E-state index contributed by atoms with van der Waals surface area (Å²) in [6, 6.07) is 5.58. The predicted octanol–water partition coefficient (Wildman–Crippen LogP) is 1.97. The molecular formula is C13H14N2O3. The Kier molecular flexibility index (Phi) is 3.74. The molecule has 94 valence electrons. The van der Waals surface area contributed by atoms with Crippen molar-refractivity contribution in [2.45, 2.75) is 20.0 Å². The van der Waals surface area contributed by atoms with E-state index in [2.05, 4.69) is 10.3 Å². The molecule has 2 aromatic rings. The van der Waals surface area contributed by atoms with E-state index in [9.17, 15) is 4.79 Å². The third-order valence-corrected chi connectivity index (χ3v) is 2.54. The van der Waals surface area contributed by atoms with Gasteiger partial charge in [-0.25, -0.2) is 4.79 Å². The maximum Gasteiger partial charge on any atom is 0.372 e. The lowest BCUT2D eigenvalue weighted by atomic mass is 10.2. The number of aromatic carboxylic acids is 1. The highest BCUT2D eigenvalue weighted by molar-refractivity contribution is 5.86. The zero-order valence-corrected chi connectivity index (χ0v) is 10.0. The average molecular weight is 246 g/mol. The molecule has 2 heterocycles. The molecule has 18 heavy (non-hydrogen) atoms. The van der Waals surface area contributed by atoms with Crippen LogP contribution in [0.25, 0.3) is 0 Å². The van der Waals surface area contributed by atoms with Gasteiger partial charge in [0.05, 0.1) is 6.54 Å². The van der Waals surface area contributed by atoms with Gasteiger partial charge in [-0.05, 0) is 30.7 Å². The van der Waals surface area contributed by atoms with Gasteiger partial charge in [0.2, 0.25) is 5.76 Å². The molecule has 0 spiro atoms. The summed E-state index contributed by atoms with van der Waals surface area (Å²) in [5.74, 6) is -0.400. The number of aryl methyl sites for hydroxylation is 1. The molecule has 0 amide bonds. The topological polar surface area (TPSA) is 75.4 Å². The van der Waals surface area contributed by atoms with E-state index in [1.165, 1.54) is 0 Å². The van der Waals surface area contributed by atoms with Crippen LogP contribution in [0, 0.1) is 6.92 Å². The molecular weight excluding hydrogens is 232 g/mol. The van der Waals surface area contributed by atoms with Crippen LogP contribution in [0.5, 0.6) is 0 Å². The van der Waals surface area contributed by atoms with Crippen molar-refractivity contribution in [3.63, 3.8) is 0 Å². The number of rotatable bonds is 5. The van der Waals surface area contributed by atoms with Gasteiger partial charge in [0.15, 0.2) is 0 Å². The summed E-state index contributed by atoms with van der Waals surface area (Å²) < 4.78 is 5.24. The monoisotopic (exact) mass is 246 g/mol. The molecule has 0 saturated carbocycles. The Morgan fingerprint density at radius 2 is 2.11 bits per heavy atom. The number of carboxylic acid groups (broad SMARTS) is 1. The lowest BCUT2D eigenvalue weighted by molar-refractivity contribution is 0.0659. The van der Waals surface area contributed by atoms with Crippen LogP contribution in [-0.2, 0) is 13.1 Å². The zero-order chi connectivity index (χ0) is 13.0. The minimum atomic E-state index is -1.03. The third kappa shape index (κ3) is 2.95. The first-order chi connectivity index (χ1) is 8.66. The fourth-order valence-electron chi connectivity index (χ4n) is 1.68. The molecule has 0 radical (unpaired) electrons. The highest BCUT2D eigenvalue weighted by atomic mass is 16.4. The van der Waals surface area contributed by atoms with E-state index in [1.807, 2.05) is 12.1 Å². The molecule has 0 aliphatic carbocycles. The van der Waals surface area contributed by atoms with Gasteiger partial charge in [-0.2, -0.15) is 0 Å². The van der Waals surface area contributed by atoms with Gasteiger partial charge in [-0.3, -0.25) is 4.98 Å². The van der Waals surface area contributed by atoms with Gasteiger partial charge < -0.3 is 14.8 Å². The van der Waals surface area contributed by atoms with Gasteiger partial charge in [0.25, 0.3) is 0 Å². The number of hydrogen-bond acceptors (Lipinski definition) is 4. The summed E-state index contributed by atoms with van der Waals surface area (Å²) in [6.07, 6.45) is 3.47. The van der Waals surface area contributed by atoms with Crippen molar-refractivity contribution in [1.82, 2.24) is 10.3 Å². The molecule has 0 bridgehead atoms. The Labute approximate surface area is 104 Å².